The Morgan fingerprint density at radius 3 is 2.40 bits per heavy atom. The molecule has 2 aromatic rings. The lowest BCUT2D eigenvalue weighted by Crippen LogP contribution is -2.08. The minimum atomic E-state index is 0.853. The van der Waals surface area contributed by atoms with Crippen LogP contribution in [0.5, 0.6) is 0 Å². The molecule has 1 aromatic heterocycles. The maximum absolute atomic E-state index is 4.38. The quantitative estimate of drug-likeness (QED) is 0.823. The first-order valence-corrected chi connectivity index (χ1v) is 7.64. The maximum Gasteiger partial charge on any atom is 0.139 e. The van der Waals surface area contributed by atoms with Gasteiger partial charge in [0, 0.05) is 22.3 Å². The molecule has 1 heterocycles. The van der Waals surface area contributed by atoms with E-state index in [-0.39, 0.29) is 0 Å². The summed E-state index contributed by atoms with van der Waals surface area (Å²) in [6, 6.07) is 8.06. The Balaban J connectivity index is 2.29. The first-order valence-electron chi connectivity index (χ1n) is 6.85. The zero-order chi connectivity index (χ0) is 14.4. The number of hydrogen-bond donors (Lipinski definition) is 2. The van der Waals surface area contributed by atoms with E-state index in [1.54, 1.807) is 6.33 Å². The van der Waals surface area contributed by atoms with E-state index in [9.17, 15) is 0 Å². The summed E-state index contributed by atoms with van der Waals surface area (Å²) < 4.78 is 1.06. The maximum atomic E-state index is 4.38. The number of aromatic nitrogens is 2. The fourth-order valence-corrected chi connectivity index (χ4v) is 2.26. The van der Waals surface area contributed by atoms with Crippen molar-refractivity contribution in [1.29, 1.82) is 0 Å². The SMILES string of the molecule is CCCc1c(NCC)ncnc1Nc1ccc(Br)cc1. The van der Waals surface area contributed by atoms with Crippen LogP contribution in [0.25, 0.3) is 0 Å². The van der Waals surface area contributed by atoms with Gasteiger partial charge in [0.05, 0.1) is 0 Å². The predicted molar refractivity (Wildman–Crippen MR) is 87.6 cm³/mol. The van der Waals surface area contributed by atoms with E-state index >= 15 is 0 Å². The highest BCUT2D eigenvalue weighted by Gasteiger charge is 2.10. The second kappa shape index (κ2) is 7.24. The molecule has 0 atom stereocenters. The van der Waals surface area contributed by atoms with Crippen molar-refractivity contribution in [3.8, 4) is 0 Å². The first-order chi connectivity index (χ1) is 9.74. The molecule has 0 saturated carbocycles. The Hall–Kier alpha value is -1.62. The summed E-state index contributed by atoms with van der Waals surface area (Å²) in [5, 5.41) is 6.67. The van der Waals surface area contributed by atoms with Crippen LogP contribution in [0.2, 0.25) is 0 Å². The molecular weight excluding hydrogens is 316 g/mol. The molecule has 2 rings (SSSR count). The molecule has 5 heteroatoms. The minimum Gasteiger partial charge on any atom is -0.370 e. The average molecular weight is 335 g/mol. The molecule has 0 aliphatic heterocycles. The van der Waals surface area contributed by atoms with Crippen molar-refractivity contribution >= 4 is 33.3 Å². The number of benzene rings is 1. The molecule has 106 valence electrons. The van der Waals surface area contributed by atoms with E-state index in [4.69, 9.17) is 0 Å². The summed E-state index contributed by atoms with van der Waals surface area (Å²) >= 11 is 3.44. The highest BCUT2D eigenvalue weighted by molar-refractivity contribution is 9.10. The molecule has 0 aliphatic carbocycles. The lowest BCUT2D eigenvalue weighted by atomic mass is 10.1. The van der Waals surface area contributed by atoms with E-state index in [2.05, 4.69) is 50.4 Å². The standard InChI is InChI=1S/C15H19BrN4/c1-3-5-13-14(17-4-2)18-10-19-15(13)20-12-8-6-11(16)7-9-12/h6-10H,3-5H2,1-2H3,(H2,17,18,19,20). The molecule has 0 radical (unpaired) electrons. The second-order valence-corrected chi connectivity index (χ2v) is 5.38. The van der Waals surface area contributed by atoms with Gasteiger partial charge >= 0.3 is 0 Å². The monoisotopic (exact) mass is 334 g/mol. The van der Waals surface area contributed by atoms with Crippen LogP contribution in [0.1, 0.15) is 25.8 Å². The van der Waals surface area contributed by atoms with Crippen molar-refractivity contribution in [3.63, 3.8) is 0 Å². The van der Waals surface area contributed by atoms with Gasteiger partial charge < -0.3 is 10.6 Å². The third kappa shape index (κ3) is 3.70. The molecule has 1 aromatic carbocycles. The largest absolute Gasteiger partial charge is 0.370 e. The molecule has 0 bridgehead atoms. The van der Waals surface area contributed by atoms with Crippen LogP contribution in [0.15, 0.2) is 35.1 Å². The fourth-order valence-electron chi connectivity index (χ4n) is 2.00. The van der Waals surface area contributed by atoms with Gasteiger partial charge in [-0.3, -0.25) is 0 Å². The predicted octanol–water partition coefficient (Wildman–Crippen LogP) is 4.37. The normalized spacial score (nSPS) is 10.3. The molecule has 4 nitrogen and oxygen atoms in total. The van der Waals surface area contributed by atoms with E-state index in [1.807, 2.05) is 24.3 Å². The summed E-state index contributed by atoms with van der Waals surface area (Å²) in [4.78, 5) is 8.72. The summed E-state index contributed by atoms with van der Waals surface area (Å²) in [6.45, 7) is 5.08. The van der Waals surface area contributed by atoms with Crippen molar-refractivity contribution < 1.29 is 0 Å². The smallest absolute Gasteiger partial charge is 0.139 e. The number of rotatable bonds is 6. The lowest BCUT2D eigenvalue weighted by molar-refractivity contribution is 0.902. The highest BCUT2D eigenvalue weighted by Crippen LogP contribution is 2.25. The van der Waals surface area contributed by atoms with Crippen LogP contribution in [0, 0.1) is 0 Å². The van der Waals surface area contributed by atoms with Gasteiger partial charge in [0.2, 0.25) is 0 Å². The Morgan fingerprint density at radius 1 is 1.05 bits per heavy atom. The lowest BCUT2D eigenvalue weighted by Gasteiger charge is -2.14. The van der Waals surface area contributed by atoms with E-state index < -0.39 is 0 Å². The number of hydrogen-bond acceptors (Lipinski definition) is 4. The number of halogens is 1. The van der Waals surface area contributed by atoms with Crippen LogP contribution >= 0.6 is 15.9 Å². The number of nitrogens with one attached hydrogen (secondary N) is 2. The molecule has 2 N–H and O–H groups in total. The average Bonchev–Trinajstić information content (AvgIpc) is 2.45. The van der Waals surface area contributed by atoms with Crippen LogP contribution in [-0.2, 0) is 6.42 Å². The molecule has 0 amide bonds. The summed E-state index contributed by atoms with van der Waals surface area (Å²) in [5.41, 5.74) is 2.16. The van der Waals surface area contributed by atoms with Crippen molar-refractivity contribution in [1.82, 2.24) is 9.97 Å². The molecule has 20 heavy (non-hydrogen) atoms. The van der Waals surface area contributed by atoms with Gasteiger partial charge in [0.15, 0.2) is 0 Å². The fraction of sp³-hybridized carbons (Fsp3) is 0.333. The molecule has 0 fully saturated rings. The topological polar surface area (TPSA) is 49.8 Å². The second-order valence-electron chi connectivity index (χ2n) is 4.46. The molecular formula is C15H19BrN4. The van der Waals surface area contributed by atoms with Crippen molar-refractivity contribution in [3.05, 3.63) is 40.6 Å². The Morgan fingerprint density at radius 2 is 1.75 bits per heavy atom. The van der Waals surface area contributed by atoms with Gasteiger partial charge in [0.25, 0.3) is 0 Å². The molecule has 0 aliphatic rings. The number of anilines is 3. The minimum absolute atomic E-state index is 0.853. The van der Waals surface area contributed by atoms with Crippen molar-refractivity contribution in [2.75, 3.05) is 17.2 Å². The zero-order valence-electron chi connectivity index (χ0n) is 11.8. The van der Waals surface area contributed by atoms with Gasteiger partial charge in [-0.25, -0.2) is 9.97 Å². The Kier molecular flexibility index (Phi) is 5.35. The van der Waals surface area contributed by atoms with Crippen LogP contribution in [-0.4, -0.2) is 16.5 Å². The van der Waals surface area contributed by atoms with Crippen LogP contribution in [0.3, 0.4) is 0 Å². The van der Waals surface area contributed by atoms with Crippen molar-refractivity contribution in [2.24, 2.45) is 0 Å². The summed E-state index contributed by atoms with van der Waals surface area (Å²) in [7, 11) is 0. The Labute approximate surface area is 128 Å². The third-order valence-corrected chi connectivity index (χ3v) is 3.43. The summed E-state index contributed by atoms with van der Waals surface area (Å²) in [6.07, 6.45) is 3.60. The van der Waals surface area contributed by atoms with Crippen LogP contribution in [0.4, 0.5) is 17.3 Å². The van der Waals surface area contributed by atoms with Crippen LogP contribution < -0.4 is 10.6 Å². The van der Waals surface area contributed by atoms with Gasteiger partial charge in [-0.05, 0) is 37.6 Å². The zero-order valence-corrected chi connectivity index (χ0v) is 13.4. The first kappa shape index (κ1) is 14.8. The van der Waals surface area contributed by atoms with E-state index in [0.717, 1.165) is 46.7 Å². The van der Waals surface area contributed by atoms with Crippen molar-refractivity contribution in [2.45, 2.75) is 26.7 Å². The van der Waals surface area contributed by atoms with Gasteiger partial charge in [-0.2, -0.15) is 0 Å². The van der Waals surface area contributed by atoms with E-state index in [0.29, 0.717) is 0 Å². The number of nitrogens with zero attached hydrogens (tertiary/aromatic N) is 2. The van der Waals surface area contributed by atoms with Gasteiger partial charge in [-0.1, -0.05) is 29.3 Å². The molecule has 0 unspecified atom stereocenters. The Bertz CT molecular complexity index is 554. The molecule has 0 saturated heterocycles. The third-order valence-electron chi connectivity index (χ3n) is 2.90. The van der Waals surface area contributed by atoms with E-state index in [1.165, 1.54) is 0 Å². The van der Waals surface area contributed by atoms with Gasteiger partial charge in [0.1, 0.15) is 18.0 Å². The highest BCUT2D eigenvalue weighted by atomic mass is 79.9. The molecule has 0 spiro atoms. The summed E-state index contributed by atoms with van der Waals surface area (Å²) in [5.74, 6) is 1.80. The van der Waals surface area contributed by atoms with Gasteiger partial charge in [-0.15, -0.1) is 0 Å².